The van der Waals surface area contributed by atoms with Crippen molar-refractivity contribution in [2.24, 2.45) is 16.6 Å². The van der Waals surface area contributed by atoms with Crippen molar-refractivity contribution in [3.63, 3.8) is 0 Å². The second-order valence-electron chi connectivity index (χ2n) is 7.91. The Hall–Kier alpha value is -3.33. The highest BCUT2D eigenvalue weighted by molar-refractivity contribution is 8.15. The molecular weight excluding hydrogens is 474 g/mol. The SMILES string of the molecule is C#CCOc1cnc(C(=O)Nc2cc(F)c(F)c([C@@]3(C)N=C(N)S[C@](C)(C(F)F)[C@H]3C)c2)cn1. The lowest BCUT2D eigenvalue weighted by molar-refractivity contribution is 0.0571. The number of benzene rings is 1. The number of aliphatic imine (C=N–C) groups is 1. The van der Waals surface area contributed by atoms with Gasteiger partial charge in [0.25, 0.3) is 12.3 Å². The summed E-state index contributed by atoms with van der Waals surface area (Å²) in [6.07, 6.45) is 4.56. The minimum absolute atomic E-state index is 0.0366. The molecule has 7 nitrogen and oxygen atoms in total. The van der Waals surface area contributed by atoms with Crippen molar-refractivity contribution in [2.75, 3.05) is 11.9 Å². The van der Waals surface area contributed by atoms with Crippen molar-refractivity contribution in [3.8, 4) is 18.2 Å². The number of alkyl halides is 2. The maximum atomic E-state index is 14.9. The summed E-state index contributed by atoms with van der Waals surface area (Å²) in [4.78, 5) is 24.5. The van der Waals surface area contributed by atoms with Crippen molar-refractivity contribution in [3.05, 3.63) is 47.4 Å². The molecule has 3 atom stereocenters. The van der Waals surface area contributed by atoms with Crippen molar-refractivity contribution in [1.82, 2.24) is 9.97 Å². The van der Waals surface area contributed by atoms with Gasteiger partial charge in [-0.25, -0.2) is 27.5 Å². The molecule has 1 aromatic heterocycles. The smallest absolute Gasteiger partial charge is 0.275 e. The molecule has 1 aromatic carbocycles. The fourth-order valence-electron chi connectivity index (χ4n) is 3.60. The minimum atomic E-state index is -2.82. The first-order valence-electron chi connectivity index (χ1n) is 9.94. The largest absolute Gasteiger partial charge is 0.463 e. The highest BCUT2D eigenvalue weighted by Crippen LogP contribution is 2.53. The number of nitrogens with two attached hydrogens (primary N) is 1. The molecule has 1 aliphatic rings. The van der Waals surface area contributed by atoms with E-state index in [-0.39, 0.29) is 34.6 Å². The predicted molar refractivity (Wildman–Crippen MR) is 121 cm³/mol. The van der Waals surface area contributed by atoms with E-state index in [9.17, 15) is 22.4 Å². The van der Waals surface area contributed by atoms with Crippen LogP contribution in [0.25, 0.3) is 0 Å². The van der Waals surface area contributed by atoms with Gasteiger partial charge in [-0.05, 0) is 19.9 Å². The van der Waals surface area contributed by atoms with Gasteiger partial charge >= 0.3 is 0 Å². The Kier molecular flexibility index (Phi) is 7.07. The summed E-state index contributed by atoms with van der Waals surface area (Å²) in [7, 11) is 0. The summed E-state index contributed by atoms with van der Waals surface area (Å²) >= 11 is 0.685. The number of carbonyl (C=O) groups is 1. The third-order valence-corrected chi connectivity index (χ3v) is 7.07. The number of nitrogens with zero attached hydrogens (tertiary/aromatic N) is 3. The van der Waals surface area contributed by atoms with Gasteiger partial charge in [0.2, 0.25) is 5.88 Å². The maximum Gasteiger partial charge on any atom is 0.275 e. The zero-order chi connectivity index (χ0) is 25.3. The van der Waals surface area contributed by atoms with Gasteiger partial charge in [-0.2, -0.15) is 0 Å². The monoisotopic (exact) mass is 495 g/mol. The summed E-state index contributed by atoms with van der Waals surface area (Å²) in [5.41, 5.74) is 3.57. The Morgan fingerprint density at radius 2 is 2.03 bits per heavy atom. The van der Waals surface area contributed by atoms with Crippen molar-refractivity contribution in [1.29, 1.82) is 0 Å². The number of nitrogens with one attached hydrogen (secondary N) is 1. The molecular formula is C22H21F4N5O2S. The molecule has 1 amide bonds. The molecule has 0 spiro atoms. The normalized spacial score (nSPS) is 24.3. The number of rotatable bonds is 6. The van der Waals surface area contributed by atoms with Crippen LogP contribution >= 0.6 is 11.8 Å². The fourth-order valence-corrected chi connectivity index (χ4v) is 4.78. The van der Waals surface area contributed by atoms with Crippen LogP contribution in [0.4, 0.5) is 23.2 Å². The van der Waals surface area contributed by atoms with Gasteiger partial charge < -0.3 is 15.8 Å². The van der Waals surface area contributed by atoms with E-state index >= 15 is 0 Å². The second kappa shape index (κ2) is 9.50. The highest BCUT2D eigenvalue weighted by Gasteiger charge is 2.54. The summed E-state index contributed by atoms with van der Waals surface area (Å²) < 4.78 is 60.7. The lowest BCUT2D eigenvalue weighted by Gasteiger charge is -2.46. The molecule has 0 unspecified atom stereocenters. The zero-order valence-corrected chi connectivity index (χ0v) is 19.2. The third kappa shape index (κ3) is 4.65. The first-order chi connectivity index (χ1) is 15.9. The summed E-state index contributed by atoms with van der Waals surface area (Å²) in [6, 6.07) is 1.91. The van der Waals surface area contributed by atoms with E-state index in [2.05, 4.69) is 26.2 Å². The van der Waals surface area contributed by atoms with Gasteiger partial charge in [0.15, 0.2) is 23.4 Å². The van der Waals surface area contributed by atoms with Crippen LogP contribution in [0.2, 0.25) is 0 Å². The Bertz CT molecular complexity index is 1170. The molecule has 0 aliphatic carbocycles. The molecule has 2 aromatic rings. The van der Waals surface area contributed by atoms with Crippen molar-refractivity contribution in [2.45, 2.75) is 37.5 Å². The number of carbonyl (C=O) groups excluding carboxylic acids is 1. The number of amidine groups is 1. The van der Waals surface area contributed by atoms with Crippen molar-refractivity contribution < 1.29 is 27.1 Å². The standard InChI is InChI=1S/C22H21F4N5O2S/c1-5-6-33-16-10-28-15(9-29-16)18(32)30-12-7-13(17(24)14(23)8-12)21(3)11(2)22(4,19(25)26)34-20(27)31-21/h1,7-11,19H,6H2,2-4H3,(H2,27,31)(H,30,32)/t11-,21-,22-/m0/s1. The van der Waals surface area contributed by atoms with Gasteiger partial charge in [-0.15, -0.1) is 6.42 Å². The summed E-state index contributed by atoms with van der Waals surface area (Å²) in [5, 5.41) is 2.22. The lowest BCUT2D eigenvalue weighted by Crippen LogP contribution is -2.52. The number of anilines is 1. The van der Waals surface area contributed by atoms with Crippen LogP contribution in [-0.4, -0.2) is 38.8 Å². The van der Waals surface area contributed by atoms with Crippen LogP contribution in [0.15, 0.2) is 29.5 Å². The number of thioether (sulfide) groups is 1. The van der Waals surface area contributed by atoms with Gasteiger partial charge in [-0.3, -0.25) is 9.79 Å². The third-order valence-electron chi connectivity index (χ3n) is 5.80. The van der Waals surface area contributed by atoms with Crippen LogP contribution in [-0.2, 0) is 5.54 Å². The lowest BCUT2D eigenvalue weighted by atomic mass is 9.73. The molecule has 0 bridgehead atoms. The molecule has 3 rings (SSSR count). The van der Waals surface area contributed by atoms with Gasteiger partial charge in [0.1, 0.15) is 5.69 Å². The Morgan fingerprint density at radius 3 is 2.62 bits per heavy atom. The molecule has 2 heterocycles. The molecule has 12 heteroatoms. The number of hydrogen-bond acceptors (Lipinski definition) is 7. The molecule has 34 heavy (non-hydrogen) atoms. The maximum absolute atomic E-state index is 14.9. The number of hydrogen-bond donors (Lipinski definition) is 2. The van der Waals surface area contributed by atoms with E-state index in [1.165, 1.54) is 27.0 Å². The topological polar surface area (TPSA) is 102 Å². The van der Waals surface area contributed by atoms with E-state index in [4.69, 9.17) is 16.9 Å². The van der Waals surface area contributed by atoms with Crippen LogP contribution in [0.5, 0.6) is 5.88 Å². The highest BCUT2D eigenvalue weighted by atomic mass is 32.2. The number of halogens is 4. The fraction of sp³-hybridized carbons (Fsp3) is 0.364. The van der Waals surface area contributed by atoms with E-state index in [0.29, 0.717) is 11.8 Å². The molecule has 0 fully saturated rings. The Balaban J connectivity index is 1.96. The van der Waals surface area contributed by atoms with E-state index in [1.807, 2.05) is 0 Å². The van der Waals surface area contributed by atoms with Crippen LogP contribution in [0, 0.1) is 29.9 Å². The average Bonchev–Trinajstić information content (AvgIpc) is 2.78. The summed E-state index contributed by atoms with van der Waals surface area (Å²) in [6.45, 7) is 4.12. The molecule has 1 aliphatic heterocycles. The van der Waals surface area contributed by atoms with Crippen LogP contribution in [0.1, 0.15) is 36.8 Å². The van der Waals surface area contributed by atoms with Gasteiger partial charge in [-0.1, -0.05) is 24.6 Å². The van der Waals surface area contributed by atoms with E-state index in [1.54, 1.807) is 0 Å². The zero-order valence-electron chi connectivity index (χ0n) is 18.4. The minimum Gasteiger partial charge on any atom is -0.463 e. The van der Waals surface area contributed by atoms with Gasteiger partial charge in [0.05, 0.1) is 22.7 Å². The average molecular weight is 496 g/mol. The van der Waals surface area contributed by atoms with Gasteiger partial charge in [0, 0.05) is 23.2 Å². The number of ether oxygens (including phenoxy) is 1. The van der Waals surface area contributed by atoms with E-state index in [0.717, 1.165) is 18.3 Å². The predicted octanol–water partition coefficient (Wildman–Crippen LogP) is 3.96. The Labute approximate surface area is 197 Å². The number of amides is 1. The second-order valence-corrected chi connectivity index (χ2v) is 9.41. The molecule has 0 saturated carbocycles. The molecule has 3 N–H and O–H groups in total. The molecule has 0 radical (unpaired) electrons. The molecule has 0 saturated heterocycles. The van der Waals surface area contributed by atoms with Crippen molar-refractivity contribution >= 4 is 28.5 Å². The Morgan fingerprint density at radius 1 is 1.32 bits per heavy atom. The quantitative estimate of drug-likeness (QED) is 0.465. The van der Waals surface area contributed by atoms with E-state index < -0.39 is 40.2 Å². The number of aromatic nitrogens is 2. The first kappa shape index (κ1) is 25.3. The summed E-state index contributed by atoms with van der Waals surface area (Å²) in [5.74, 6) is -1.95. The molecule has 180 valence electrons. The number of terminal acetylenes is 1. The van der Waals surface area contributed by atoms with Crippen LogP contribution in [0.3, 0.4) is 0 Å². The first-order valence-corrected chi connectivity index (χ1v) is 10.8. The van der Waals surface area contributed by atoms with Crippen LogP contribution < -0.4 is 15.8 Å².